The molecule has 0 saturated heterocycles. The summed E-state index contributed by atoms with van der Waals surface area (Å²) in [6, 6.07) is 19.8. The maximum Gasteiger partial charge on any atom is 0.231 e. The van der Waals surface area contributed by atoms with E-state index >= 15 is 0 Å². The van der Waals surface area contributed by atoms with Gasteiger partial charge in [0.1, 0.15) is 13.2 Å². The van der Waals surface area contributed by atoms with Crippen molar-refractivity contribution in [2.24, 2.45) is 0 Å². The largest absolute Gasteiger partial charge is 0.486 e. The Hall–Kier alpha value is -2.44. The van der Waals surface area contributed by atoms with Crippen molar-refractivity contribution in [1.82, 2.24) is 5.32 Å². The van der Waals surface area contributed by atoms with E-state index in [4.69, 9.17) is 9.47 Å². The van der Waals surface area contributed by atoms with Crippen molar-refractivity contribution in [3.8, 4) is 11.5 Å². The third kappa shape index (κ3) is 4.46. The molecular weight excluding hydrogens is 378 g/mol. The quantitative estimate of drug-likeness (QED) is 0.622. The molecule has 0 aliphatic carbocycles. The fraction of sp³-hybridized carbons (Fsp3) is 0.190. The number of benzene rings is 2. The number of carbonyl (C=O) groups is 1. The zero-order valence-electron chi connectivity index (χ0n) is 14.6. The molecule has 6 heteroatoms. The molecule has 2 heterocycles. The Balaban J connectivity index is 1.41. The molecule has 1 aliphatic rings. The predicted octanol–water partition coefficient (Wildman–Crippen LogP) is 4.52. The summed E-state index contributed by atoms with van der Waals surface area (Å²) in [7, 11) is 0. The van der Waals surface area contributed by atoms with Gasteiger partial charge in [-0.2, -0.15) is 0 Å². The van der Waals surface area contributed by atoms with E-state index in [1.807, 2.05) is 60.0 Å². The first-order valence-corrected chi connectivity index (χ1v) is 10.6. The summed E-state index contributed by atoms with van der Waals surface area (Å²) < 4.78 is 11.1. The summed E-state index contributed by atoms with van der Waals surface area (Å²) in [6.07, 6.45) is 0. The maximum absolute atomic E-state index is 12.6. The van der Waals surface area contributed by atoms with Crippen LogP contribution in [0.3, 0.4) is 0 Å². The van der Waals surface area contributed by atoms with Crippen LogP contribution in [0.2, 0.25) is 0 Å². The highest BCUT2D eigenvalue weighted by Gasteiger charge is 2.18. The molecule has 2 aromatic carbocycles. The average Bonchev–Trinajstić information content (AvgIpc) is 3.25. The highest BCUT2D eigenvalue weighted by molar-refractivity contribution is 8.00. The molecule has 1 aliphatic heterocycles. The molecule has 4 rings (SSSR count). The van der Waals surface area contributed by atoms with Crippen molar-refractivity contribution < 1.29 is 14.3 Å². The fourth-order valence-corrected chi connectivity index (χ4v) is 4.42. The molecule has 0 fully saturated rings. The summed E-state index contributed by atoms with van der Waals surface area (Å²) in [5, 5.41) is 5.19. The summed E-state index contributed by atoms with van der Waals surface area (Å²) in [4.78, 5) is 14.7. The topological polar surface area (TPSA) is 47.6 Å². The summed E-state index contributed by atoms with van der Waals surface area (Å²) in [5.41, 5.74) is 1.08. The van der Waals surface area contributed by atoms with Gasteiger partial charge in [0.25, 0.3) is 0 Å². The van der Waals surface area contributed by atoms with Crippen LogP contribution in [0.1, 0.15) is 16.5 Å². The van der Waals surface area contributed by atoms with E-state index in [1.165, 1.54) is 11.8 Å². The van der Waals surface area contributed by atoms with Gasteiger partial charge in [0.15, 0.2) is 11.5 Å². The summed E-state index contributed by atoms with van der Waals surface area (Å²) in [6.45, 7) is 1.13. The second kappa shape index (κ2) is 8.50. The Labute approximate surface area is 166 Å². The van der Waals surface area contributed by atoms with Crippen LogP contribution < -0.4 is 14.8 Å². The zero-order chi connectivity index (χ0) is 18.5. The predicted molar refractivity (Wildman–Crippen MR) is 109 cm³/mol. The van der Waals surface area contributed by atoms with Crippen LogP contribution in [0, 0.1) is 0 Å². The highest BCUT2D eigenvalue weighted by atomic mass is 32.2. The molecule has 138 valence electrons. The van der Waals surface area contributed by atoms with Gasteiger partial charge in [0.2, 0.25) is 5.91 Å². The monoisotopic (exact) mass is 397 g/mol. The highest BCUT2D eigenvalue weighted by Crippen LogP contribution is 2.34. The van der Waals surface area contributed by atoms with Crippen LogP contribution in [0.15, 0.2) is 70.9 Å². The molecule has 1 amide bonds. The van der Waals surface area contributed by atoms with E-state index in [0.717, 1.165) is 26.8 Å². The van der Waals surface area contributed by atoms with Crippen molar-refractivity contribution in [3.63, 3.8) is 0 Å². The molecule has 1 N–H and O–H groups in total. The van der Waals surface area contributed by atoms with E-state index in [2.05, 4.69) is 11.4 Å². The SMILES string of the molecule is O=C(CSc1ccc2c(c1)OCCO2)N[C@@H](c1ccccc1)c1cccs1. The van der Waals surface area contributed by atoms with Crippen LogP contribution in [-0.2, 0) is 4.79 Å². The third-order valence-corrected chi connectivity index (χ3v) is 6.08. The molecule has 0 bridgehead atoms. The first-order valence-electron chi connectivity index (χ1n) is 8.70. The van der Waals surface area contributed by atoms with E-state index in [-0.39, 0.29) is 11.9 Å². The molecule has 0 unspecified atom stereocenters. The van der Waals surface area contributed by atoms with E-state index < -0.39 is 0 Å². The second-order valence-electron chi connectivity index (χ2n) is 6.02. The molecule has 1 aromatic heterocycles. The minimum absolute atomic E-state index is 0.00265. The van der Waals surface area contributed by atoms with Gasteiger partial charge in [-0.3, -0.25) is 4.79 Å². The van der Waals surface area contributed by atoms with Crippen molar-refractivity contribution >= 4 is 29.0 Å². The molecule has 1 atom stereocenters. The zero-order valence-corrected chi connectivity index (χ0v) is 16.2. The number of amides is 1. The Morgan fingerprint density at radius 3 is 2.63 bits per heavy atom. The van der Waals surface area contributed by atoms with E-state index in [9.17, 15) is 4.79 Å². The number of rotatable bonds is 6. The van der Waals surface area contributed by atoms with Crippen LogP contribution >= 0.6 is 23.1 Å². The maximum atomic E-state index is 12.6. The number of nitrogens with one attached hydrogen (secondary N) is 1. The summed E-state index contributed by atoms with van der Waals surface area (Å²) in [5.74, 6) is 1.84. The van der Waals surface area contributed by atoms with Crippen molar-refractivity contribution in [3.05, 3.63) is 76.5 Å². The van der Waals surface area contributed by atoms with Gasteiger partial charge in [-0.15, -0.1) is 23.1 Å². The lowest BCUT2D eigenvalue weighted by Gasteiger charge is -2.19. The number of ether oxygens (including phenoxy) is 2. The van der Waals surface area contributed by atoms with Crippen LogP contribution in [0.4, 0.5) is 0 Å². The molecule has 0 spiro atoms. The minimum Gasteiger partial charge on any atom is -0.486 e. The standard InChI is InChI=1S/C21H19NO3S2/c23-20(14-27-16-8-9-17-18(13-16)25-11-10-24-17)22-21(19-7-4-12-26-19)15-5-2-1-3-6-15/h1-9,12-13,21H,10-11,14H2,(H,22,23)/t21-/m0/s1. The van der Waals surface area contributed by atoms with E-state index in [0.29, 0.717) is 19.0 Å². The second-order valence-corrected chi connectivity index (χ2v) is 8.05. The first kappa shape index (κ1) is 17.9. The first-order chi connectivity index (χ1) is 13.3. The number of fused-ring (bicyclic) bond motifs is 1. The van der Waals surface area contributed by atoms with Crippen LogP contribution in [0.5, 0.6) is 11.5 Å². The van der Waals surface area contributed by atoms with Crippen molar-refractivity contribution in [1.29, 1.82) is 0 Å². The fourth-order valence-electron chi connectivity index (χ4n) is 2.88. The van der Waals surface area contributed by atoms with Gasteiger partial charge < -0.3 is 14.8 Å². The van der Waals surface area contributed by atoms with Crippen LogP contribution in [0.25, 0.3) is 0 Å². The molecular formula is C21H19NO3S2. The number of hydrogen-bond acceptors (Lipinski definition) is 5. The Morgan fingerprint density at radius 2 is 1.85 bits per heavy atom. The van der Waals surface area contributed by atoms with E-state index in [1.54, 1.807) is 11.3 Å². The van der Waals surface area contributed by atoms with Gasteiger partial charge >= 0.3 is 0 Å². The molecule has 27 heavy (non-hydrogen) atoms. The number of thioether (sulfide) groups is 1. The molecule has 0 radical (unpaired) electrons. The normalized spacial score (nSPS) is 13.8. The lowest BCUT2D eigenvalue weighted by molar-refractivity contribution is -0.119. The Kier molecular flexibility index (Phi) is 5.65. The van der Waals surface area contributed by atoms with Gasteiger partial charge in [-0.25, -0.2) is 0 Å². The number of thiophene rings is 1. The minimum atomic E-state index is -0.125. The van der Waals surface area contributed by atoms with Crippen molar-refractivity contribution in [2.45, 2.75) is 10.9 Å². The third-order valence-electron chi connectivity index (χ3n) is 4.15. The lowest BCUT2D eigenvalue weighted by atomic mass is 10.1. The number of carbonyl (C=O) groups excluding carboxylic acids is 1. The average molecular weight is 398 g/mol. The van der Waals surface area contributed by atoms with Crippen molar-refractivity contribution in [2.75, 3.05) is 19.0 Å². The lowest BCUT2D eigenvalue weighted by Crippen LogP contribution is -2.30. The van der Waals surface area contributed by atoms with Crippen LogP contribution in [-0.4, -0.2) is 24.9 Å². The van der Waals surface area contributed by atoms with Gasteiger partial charge in [0, 0.05) is 9.77 Å². The Bertz CT molecular complexity index is 897. The Morgan fingerprint density at radius 1 is 1.04 bits per heavy atom. The number of hydrogen-bond donors (Lipinski definition) is 1. The molecule has 0 saturated carbocycles. The van der Waals surface area contributed by atoms with Gasteiger partial charge in [-0.05, 0) is 35.2 Å². The molecule has 4 nitrogen and oxygen atoms in total. The summed E-state index contributed by atoms with van der Waals surface area (Å²) >= 11 is 3.14. The van der Waals surface area contributed by atoms with Gasteiger partial charge in [-0.1, -0.05) is 36.4 Å². The van der Waals surface area contributed by atoms with Gasteiger partial charge in [0.05, 0.1) is 11.8 Å². The molecule has 3 aromatic rings. The smallest absolute Gasteiger partial charge is 0.231 e.